The van der Waals surface area contributed by atoms with Gasteiger partial charge in [-0.2, -0.15) is 0 Å². The van der Waals surface area contributed by atoms with Crippen molar-refractivity contribution in [2.45, 2.75) is 32.7 Å². The highest BCUT2D eigenvalue weighted by atomic mass is 16.3. The number of aromatic hydroxyl groups is 1. The first-order chi connectivity index (χ1) is 7.68. The second-order valence-corrected chi connectivity index (χ2v) is 4.24. The van der Waals surface area contributed by atoms with Crippen LogP contribution in [0.15, 0.2) is 36.4 Å². The van der Waals surface area contributed by atoms with Crippen LogP contribution in [0, 0.1) is 0 Å². The molecule has 0 bridgehead atoms. The third-order valence-electron chi connectivity index (χ3n) is 2.32. The summed E-state index contributed by atoms with van der Waals surface area (Å²) in [6.07, 6.45) is 6.37. The van der Waals surface area contributed by atoms with Crippen LogP contribution in [-0.4, -0.2) is 17.7 Å². The summed E-state index contributed by atoms with van der Waals surface area (Å²) < 4.78 is 0. The maximum atomic E-state index is 9.12. The first-order valence-electron chi connectivity index (χ1n) is 5.85. The summed E-state index contributed by atoms with van der Waals surface area (Å²) in [5.74, 6) is 0.328. The van der Waals surface area contributed by atoms with Gasteiger partial charge in [-0.1, -0.05) is 38.1 Å². The van der Waals surface area contributed by atoms with E-state index in [1.54, 1.807) is 12.1 Å². The summed E-state index contributed by atoms with van der Waals surface area (Å²) in [5, 5.41) is 12.5. The molecule has 0 saturated heterocycles. The summed E-state index contributed by atoms with van der Waals surface area (Å²) >= 11 is 0. The molecule has 1 rings (SSSR count). The lowest BCUT2D eigenvalue weighted by molar-refractivity contribution is 0.475. The van der Waals surface area contributed by atoms with E-state index in [0.717, 1.165) is 19.4 Å². The molecule has 0 heterocycles. The molecule has 0 radical (unpaired) electrons. The summed E-state index contributed by atoms with van der Waals surface area (Å²) in [6, 6.07) is 7.91. The number of hydrogen-bond donors (Lipinski definition) is 2. The van der Waals surface area contributed by atoms with Gasteiger partial charge in [0, 0.05) is 6.04 Å². The Hall–Kier alpha value is -1.28. The van der Waals surface area contributed by atoms with Crippen LogP contribution in [0.1, 0.15) is 25.8 Å². The van der Waals surface area contributed by atoms with Crippen molar-refractivity contribution in [3.05, 3.63) is 42.0 Å². The van der Waals surface area contributed by atoms with E-state index < -0.39 is 0 Å². The summed E-state index contributed by atoms with van der Waals surface area (Å²) in [5.41, 5.74) is 1.23. The van der Waals surface area contributed by atoms with E-state index >= 15 is 0 Å². The second kappa shape index (κ2) is 7.07. The zero-order chi connectivity index (χ0) is 11.8. The summed E-state index contributed by atoms with van der Waals surface area (Å²) in [4.78, 5) is 0. The molecule has 0 aliphatic rings. The van der Waals surface area contributed by atoms with Gasteiger partial charge in [0.25, 0.3) is 0 Å². The Balaban J connectivity index is 2.19. The van der Waals surface area contributed by atoms with Gasteiger partial charge >= 0.3 is 0 Å². The van der Waals surface area contributed by atoms with Crippen LogP contribution in [0.3, 0.4) is 0 Å². The first-order valence-corrected chi connectivity index (χ1v) is 5.85. The minimum atomic E-state index is 0.328. The fraction of sp³-hybridized carbons (Fsp3) is 0.429. The Kier molecular flexibility index (Phi) is 5.65. The van der Waals surface area contributed by atoms with E-state index in [4.69, 9.17) is 5.11 Å². The molecule has 0 aliphatic heterocycles. The van der Waals surface area contributed by atoms with Crippen molar-refractivity contribution in [3.8, 4) is 5.75 Å². The van der Waals surface area contributed by atoms with Gasteiger partial charge in [0.1, 0.15) is 5.75 Å². The highest BCUT2D eigenvalue weighted by Gasteiger charge is 1.91. The second-order valence-electron chi connectivity index (χ2n) is 4.24. The zero-order valence-corrected chi connectivity index (χ0v) is 10.1. The van der Waals surface area contributed by atoms with Gasteiger partial charge in [0.15, 0.2) is 0 Å². The van der Waals surface area contributed by atoms with Crippen molar-refractivity contribution in [3.63, 3.8) is 0 Å². The predicted molar refractivity (Wildman–Crippen MR) is 68.7 cm³/mol. The van der Waals surface area contributed by atoms with Gasteiger partial charge in [0.2, 0.25) is 0 Å². The van der Waals surface area contributed by atoms with Crippen LogP contribution >= 0.6 is 0 Å². The molecule has 0 fully saturated rings. The maximum Gasteiger partial charge on any atom is 0.115 e. The van der Waals surface area contributed by atoms with Crippen molar-refractivity contribution >= 4 is 0 Å². The van der Waals surface area contributed by atoms with Crippen molar-refractivity contribution in [1.82, 2.24) is 5.32 Å². The third kappa shape index (κ3) is 5.56. The van der Waals surface area contributed by atoms with Crippen molar-refractivity contribution in [2.24, 2.45) is 0 Å². The molecule has 2 heteroatoms. The summed E-state index contributed by atoms with van der Waals surface area (Å²) in [7, 11) is 0. The summed E-state index contributed by atoms with van der Waals surface area (Å²) in [6.45, 7) is 5.34. The fourth-order valence-corrected chi connectivity index (χ4v) is 1.42. The fourth-order valence-electron chi connectivity index (χ4n) is 1.42. The molecule has 16 heavy (non-hydrogen) atoms. The predicted octanol–water partition coefficient (Wildman–Crippen LogP) is 2.88. The Labute approximate surface area is 98.0 Å². The molecule has 0 atom stereocenters. The molecule has 1 aromatic rings. The van der Waals surface area contributed by atoms with E-state index in [2.05, 4.69) is 31.3 Å². The van der Waals surface area contributed by atoms with Gasteiger partial charge in [-0.05, 0) is 37.1 Å². The average molecular weight is 219 g/mol. The lowest BCUT2D eigenvalue weighted by Gasteiger charge is -2.04. The average Bonchev–Trinajstić information content (AvgIpc) is 2.25. The molecule has 0 aromatic heterocycles. The van der Waals surface area contributed by atoms with Crippen LogP contribution < -0.4 is 5.32 Å². The Morgan fingerprint density at radius 1 is 1.19 bits per heavy atom. The highest BCUT2D eigenvalue weighted by Crippen LogP contribution is 2.10. The topological polar surface area (TPSA) is 32.3 Å². The van der Waals surface area contributed by atoms with E-state index in [1.165, 1.54) is 5.56 Å². The number of hydrogen-bond acceptors (Lipinski definition) is 2. The number of allylic oxidation sites excluding steroid dienone is 1. The van der Waals surface area contributed by atoms with Gasteiger partial charge in [-0.3, -0.25) is 0 Å². The number of benzene rings is 1. The van der Waals surface area contributed by atoms with E-state index in [0.29, 0.717) is 11.8 Å². The molecule has 0 spiro atoms. The van der Waals surface area contributed by atoms with Crippen LogP contribution in [0.5, 0.6) is 5.75 Å². The van der Waals surface area contributed by atoms with E-state index in [1.807, 2.05) is 12.1 Å². The molecule has 2 nitrogen and oxygen atoms in total. The van der Waals surface area contributed by atoms with E-state index in [-0.39, 0.29) is 0 Å². The molecule has 2 N–H and O–H groups in total. The molecule has 0 unspecified atom stereocenters. The number of phenols is 1. The lowest BCUT2D eigenvalue weighted by Crippen LogP contribution is -2.23. The smallest absolute Gasteiger partial charge is 0.115 e. The van der Waals surface area contributed by atoms with Gasteiger partial charge in [-0.25, -0.2) is 0 Å². The largest absolute Gasteiger partial charge is 0.508 e. The van der Waals surface area contributed by atoms with Crippen LogP contribution in [-0.2, 0) is 6.42 Å². The SMILES string of the molecule is CC(C)NCCC=CCc1ccc(O)cc1. The third-order valence-corrected chi connectivity index (χ3v) is 2.32. The molecular formula is C14H21NO. The maximum absolute atomic E-state index is 9.12. The molecule has 0 amide bonds. The normalized spacial score (nSPS) is 11.4. The molecule has 1 aromatic carbocycles. The van der Waals surface area contributed by atoms with Crippen molar-refractivity contribution < 1.29 is 5.11 Å². The lowest BCUT2D eigenvalue weighted by atomic mass is 10.1. The Morgan fingerprint density at radius 3 is 2.50 bits per heavy atom. The number of rotatable bonds is 6. The first kappa shape index (κ1) is 12.8. The monoisotopic (exact) mass is 219 g/mol. The molecule has 0 aliphatic carbocycles. The zero-order valence-electron chi connectivity index (χ0n) is 10.1. The number of phenolic OH excluding ortho intramolecular Hbond substituents is 1. The van der Waals surface area contributed by atoms with Gasteiger partial charge in [0.05, 0.1) is 0 Å². The van der Waals surface area contributed by atoms with Gasteiger partial charge in [-0.15, -0.1) is 0 Å². The molecular weight excluding hydrogens is 198 g/mol. The molecule has 0 saturated carbocycles. The minimum Gasteiger partial charge on any atom is -0.508 e. The van der Waals surface area contributed by atoms with Crippen molar-refractivity contribution in [2.75, 3.05) is 6.54 Å². The van der Waals surface area contributed by atoms with Crippen LogP contribution in [0.4, 0.5) is 0 Å². The standard InChI is InChI=1S/C14H21NO/c1-12(2)15-11-5-3-4-6-13-7-9-14(16)10-8-13/h3-4,7-10,12,15-16H,5-6,11H2,1-2H3. The van der Waals surface area contributed by atoms with Crippen molar-refractivity contribution in [1.29, 1.82) is 0 Å². The van der Waals surface area contributed by atoms with Crippen LogP contribution in [0.2, 0.25) is 0 Å². The molecule has 88 valence electrons. The Morgan fingerprint density at radius 2 is 1.88 bits per heavy atom. The minimum absolute atomic E-state index is 0.328. The van der Waals surface area contributed by atoms with Crippen LogP contribution in [0.25, 0.3) is 0 Å². The van der Waals surface area contributed by atoms with Gasteiger partial charge < -0.3 is 10.4 Å². The number of nitrogens with one attached hydrogen (secondary N) is 1. The quantitative estimate of drug-likeness (QED) is 0.569. The highest BCUT2D eigenvalue weighted by molar-refractivity contribution is 5.27. The Bertz CT molecular complexity index is 314. The van der Waals surface area contributed by atoms with E-state index in [9.17, 15) is 0 Å².